The highest BCUT2D eigenvalue weighted by Crippen LogP contribution is 2.27. The van der Waals surface area contributed by atoms with E-state index >= 15 is 0 Å². The molecule has 2 rings (SSSR count). The minimum absolute atomic E-state index is 0.234. The van der Waals surface area contributed by atoms with Crippen LogP contribution in [-0.4, -0.2) is 38.8 Å². The van der Waals surface area contributed by atoms with Crippen molar-refractivity contribution in [1.82, 2.24) is 5.32 Å². The van der Waals surface area contributed by atoms with E-state index in [0.717, 1.165) is 5.56 Å². The van der Waals surface area contributed by atoms with Gasteiger partial charge in [-0.2, -0.15) is 0 Å². The van der Waals surface area contributed by atoms with Gasteiger partial charge in [0, 0.05) is 6.54 Å². The lowest BCUT2D eigenvalue weighted by Crippen LogP contribution is -2.32. The fourth-order valence-electron chi connectivity index (χ4n) is 2.26. The summed E-state index contributed by atoms with van der Waals surface area (Å²) in [6.07, 6.45) is -0.941. The molecule has 0 aliphatic carbocycles. The number of esters is 1. The van der Waals surface area contributed by atoms with Crippen molar-refractivity contribution >= 4 is 11.9 Å². The summed E-state index contributed by atoms with van der Waals surface area (Å²) in [5.41, 5.74) is 0.797. The molecule has 0 heterocycles. The molecule has 0 saturated heterocycles. The zero-order valence-corrected chi connectivity index (χ0v) is 15.9. The van der Waals surface area contributed by atoms with E-state index in [2.05, 4.69) is 5.32 Å². The molecule has 0 fully saturated rings. The molecule has 0 aliphatic heterocycles. The van der Waals surface area contributed by atoms with E-state index in [0.29, 0.717) is 17.2 Å². The molecule has 0 aliphatic rings. The predicted octanol–water partition coefficient (Wildman–Crippen LogP) is 2.47. The van der Waals surface area contributed by atoms with Gasteiger partial charge in [-0.1, -0.05) is 6.07 Å². The van der Waals surface area contributed by atoms with E-state index in [1.54, 1.807) is 18.2 Å². The first-order chi connectivity index (χ1) is 13.4. The summed E-state index contributed by atoms with van der Waals surface area (Å²) in [4.78, 5) is 23.8. The second kappa shape index (κ2) is 10.1. The first kappa shape index (κ1) is 21.0. The Balaban J connectivity index is 1.77. The van der Waals surface area contributed by atoms with Crippen LogP contribution in [0.4, 0.5) is 4.39 Å². The first-order valence-corrected chi connectivity index (χ1v) is 8.49. The minimum Gasteiger partial charge on any atom is -0.493 e. The highest BCUT2D eigenvalue weighted by Gasteiger charge is 2.18. The number of benzene rings is 2. The number of ether oxygens (including phenoxy) is 4. The standard InChI is InChI=1S/C20H22FNO6/c1-13(28-16-7-5-15(21)6-8-16)20(24)27-12-19(23)22-11-14-4-9-17(25-2)18(10-14)26-3/h4-10,13H,11-12H2,1-3H3,(H,22,23)/t13-/m0/s1. The van der Waals surface area contributed by atoms with Gasteiger partial charge in [-0.05, 0) is 48.9 Å². The Kier molecular flexibility index (Phi) is 7.62. The number of halogens is 1. The lowest BCUT2D eigenvalue weighted by atomic mass is 10.2. The van der Waals surface area contributed by atoms with Gasteiger partial charge in [0.25, 0.3) is 5.91 Å². The van der Waals surface area contributed by atoms with Gasteiger partial charge in [0.05, 0.1) is 14.2 Å². The zero-order valence-electron chi connectivity index (χ0n) is 15.9. The Hall–Kier alpha value is -3.29. The van der Waals surface area contributed by atoms with Crippen LogP contribution in [0.3, 0.4) is 0 Å². The number of carbonyl (C=O) groups excluding carboxylic acids is 2. The van der Waals surface area contributed by atoms with E-state index in [4.69, 9.17) is 18.9 Å². The molecule has 1 atom stereocenters. The number of amides is 1. The second-order valence-corrected chi connectivity index (χ2v) is 5.79. The summed E-state index contributed by atoms with van der Waals surface area (Å²) < 4.78 is 33.5. The largest absolute Gasteiger partial charge is 0.493 e. The van der Waals surface area contributed by atoms with Crippen LogP contribution in [0.1, 0.15) is 12.5 Å². The molecule has 2 aromatic rings. The number of hydrogen-bond acceptors (Lipinski definition) is 6. The van der Waals surface area contributed by atoms with Crippen LogP contribution in [0, 0.1) is 5.82 Å². The van der Waals surface area contributed by atoms with Crippen LogP contribution in [0.15, 0.2) is 42.5 Å². The van der Waals surface area contributed by atoms with Gasteiger partial charge in [-0.3, -0.25) is 4.79 Å². The Morgan fingerprint density at radius 1 is 1.04 bits per heavy atom. The molecule has 0 radical (unpaired) electrons. The summed E-state index contributed by atoms with van der Waals surface area (Å²) >= 11 is 0. The van der Waals surface area contributed by atoms with Crippen LogP contribution in [-0.2, 0) is 20.9 Å². The van der Waals surface area contributed by atoms with E-state index in [1.807, 2.05) is 0 Å². The molecule has 0 bridgehead atoms. The predicted molar refractivity (Wildman–Crippen MR) is 98.8 cm³/mol. The van der Waals surface area contributed by atoms with Gasteiger partial charge in [0.1, 0.15) is 11.6 Å². The van der Waals surface area contributed by atoms with E-state index in [-0.39, 0.29) is 6.54 Å². The third-order valence-corrected chi connectivity index (χ3v) is 3.74. The summed E-state index contributed by atoms with van der Waals surface area (Å²) in [5.74, 6) is -0.116. The molecule has 28 heavy (non-hydrogen) atoms. The summed E-state index contributed by atoms with van der Waals surface area (Å²) in [5, 5.41) is 2.64. The summed E-state index contributed by atoms with van der Waals surface area (Å²) in [6, 6.07) is 10.5. The normalized spacial score (nSPS) is 11.3. The molecule has 150 valence electrons. The molecule has 0 aromatic heterocycles. The third-order valence-electron chi connectivity index (χ3n) is 3.74. The van der Waals surface area contributed by atoms with Crippen LogP contribution >= 0.6 is 0 Å². The molecule has 8 heteroatoms. The van der Waals surface area contributed by atoms with Crippen molar-refractivity contribution in [2.24, 2.45) is 0 Å². The number of hydrogen-bond donors (Lipinski definition) is 1. The van der Waals surface area contributed by atoms with Gasteiger partial charge in [-0.25, -0.2) is 9.18 Å². The third kappa shape index (κ3) is 6.15. The lowest BCUT2D eigenvalue weighted by molar-refractivity contribution is -0.154. The van der Waals surface area contributed by atoms with Crippen molar-refractivity contribution in [1.29, 1.82) is 0 Å². The SMILES string of the molecule is COc1ccc(CNC(=O)COC(=O)[C@H](C)Oc2ccc(F)cc2)cc1OC. The van der Waals surface area contributed by atoms with Gasteiger partial charge >= 0.3 is 5.97 Å². The second-order valence-electron chi connectivity index (χ2n) is 5.79. The first-order valence-electron chi connectivity index (χ1n) is 8.49. The van der Waals surface area contributed by atoms with Crippen LogP contribution < -0.4 is 19.5 Å². The van der Waals surface area contributed by atoms with Gasteiger partial charge in [0.15, 0.2) is 24.2 Å². The average molecular weight is 391 g/mol. The fraction of sp³-hybridized carbons (Fsp3) is 0.300. The van der Waals surface area contributed by atoms with Crippen LogP contribution in [0.2, 0.25) is 0 Å². The number of rotatable bonds is 9. The Morgan fingerprint density at radius 2 is 1.71 bits per heavy atom. The topological polar surface area (TPSA) is 83.1 Å². The Labute approximate surface area is 162 Å². The molecule has 2 aromatic carbocycles. The summed E-state index contributed by atoms with van der Waals surface area (Å²) in [7, 11) is 3.06. The highest BCUT2D eigenvalue weighted by molar-refractivity contribution is 5.82. The van der Waals surface area contributed by atoms with Gasteiger partial charge in [0.2, 0.25) is 0 Å². The quantitative estimate of drug-likeness (QED) is 0.662. The zero-order chi connectivity index (χ0) is 20.5. The number of carbonyl (C=O) groups is 2. The van der Waals surface area contributed by atoms with Crippen molar-refractivity contribution in [2.75, 3.05) is 20.8 Å². The molecule has 1 N–H and O–H groups in total. The van der Waals surface area contributed by atoms with Crippen LogP contribution in [0.25, 0.3) is 0 Å². The monoisotopic (exact) mass is 391 g/mol. The van der Waals surface area contributed by atoms with Gasteiger partial charge < -0.3 is 24.3 Å². The van der Waals surface area contributed by atoms with E-state index in [1.165, 1.54) is 45.4 Å². The Bertz CT molecular complexity index is 809. The molecule has 7 nitrogen and oxygen atoms in total. The smallest absolute Gasteiger partial charge is 0.347 e. The lowest BCUT2D eigenvalue weighted by Gasteiger charge is -2.14. The molecule has 1 amide bonds. The van der Waals surface area contributed by atoms with Crippen molar-refractivity contribution in [3.63, 3.8) is 0 Å². The summed E-state index contributed by atoms with van der Waals surface area (Å²) in [6.45, 7) is 1.27. The van der Waals surface area contributed by atoms with Crippen molar-refractivity contribution < 1.29 is 32.9 Å². The van der Waals surface area contributed by atoms with Crippen molar-refractivity contribution in [3.05, 3.63) is 53.8 Å². The van der Waals surface area contributed by atoms with Crippen molar-refractivity contribution in [3.8, 4) is 17.2 Å². The fourth-order valence-corrected chi connectivity index (χ4v) is 2.26. The number of nitrogens with one attached hydrogen (secondary N) is 1. The highest BCUT2D eigenvalue weighted by atomic mass is 19.1. The maximum Gasteiger partial charge on any atom is 0.347 e. The van der Waals surface area contributed by atoms with E-state index < -0.39 is 30.4 Å². The Morgan fingerprint density at radius 3 is 2.36 bits per heavy atom. The van der Waals surface area contributed by atoms with Crippen molar-refractivity contribution in [2.45, 2.75) is 19.6 Å². The molecule has 0 spiro atoms. The van der Waals surface area contributed by atoms with Gasteiger partial charge in [-0.15, -0.1) is 0 Å². The molecule has 0 saturated carbocycles. The minimum atomic E-state index is -0.941. The maximum absolute atomic E-state index is 12.9. The average Bonchev–Trinajstić information content (AvgIpc) is 2.71. The molecular formula is C20H22FNO6. The maximum atomic E-state index is 12.9. The molecule has 0 unspecified atom stereocenters. The van der Waals surface area contributed by atoms with Crippen LogP contribution in [0.5, 0.6) is 17.2 Å². The van der Waals surface area contributed by atoms with E-state index in [9.17, 15) is 14.0 Å². The molecular weight excluding hydrogens is 369 g/mol. The number of methoxy groups -OCH3 is 2.